The van der Waals surface area contributed by atoms with E-state index in [1.165, 1.54) is 27.8 Å². The number of carboxylic acids is 1. The predicted octanol–water partition coefficient (Wildman–Crippen LogP) is 6.38. The van der Waals surface area contributed by atoms with E-state index in [0.717, 1.165) is 52.0 Å². The Balaban J connectivity index is 1.25. The molecule has 212 valence electrons. The molecule has 0 saturated carbocycles. The van der Waals surface area contributed by atoms with Gasteiger partial charge < -0.3 is 10.0 Å². The number of pyridine rings is 1. The summed E-state index contributed by atoms with van der Waals surface area (Å²) in [5.74, 6) is 0.601. The van der Waals surface area contributed by atoms with Crippen LogP contribution in [0, 0.1) is 18.3 Å². The molecule has 3 aromatic rings. The summed E-state index contributed by atoms with van der Waals surface area (Å²) >= 11 is 0. The van der Waals surface area contributed by atoms with Crippen LogP contribution in [0.5, 0.6) is 0 Å². The standard InChI is InChI=1S/C35H45N3O2/c1-25-9-8-12-29(17-25)32-24-38(33(34(39)40)35(2,3)4)23-31(32)22-37-15-13-28(14-16-37)30-19-27(20-36-21-30)18-26-10-6-5-7-11-26/h5-12,17,19-21,28,31-33H,13-16,18,22-24H2,1-4H3,(H,39,40)/t31-,32+,33-/m0/s1. The molecule has 5 rings (SSSR count). The van der Waals surface area contributed by atoms with E-state index in [9.17, 15) is 9.90 Å². The van der Waals surface area contributed by atoms with Gasteiger partial charge in [-0.1, -0.05) is 87.0 Å². The van der Waals surface area contributed by atoms with Gasteiger partial charge in [-0.05, 0) is 78.8 Å². The van der Waals surface area contributed by atoms with Gasteiger partial charge in [-0.3, -0.25) is 14.7 Å². The van der Waals surface area contributed by atoms with Crippen LogP contribution in [-0.2, 0) is 11.2 Å². The molecule has 1 aromatic heterocycles. The van der Waals surface area contributed by atoms with Gasteiger partial charge in [-0.2, -0.15) is 0 Å². The molecule has 2 aliphatic rings. The van der Waals surface area contributed by atoms with Crippen molar-refractivity contribution in [2.75, 3.05) is 32.7 Å². The van der Waals surface area contributed by atoms with Crippen molar-refractivity contribution in [3.05, 3.63) is 101 Å². The van der Waals surface area contributed by atoms with Gasteiger partial charge in [0.15, 0.2) is 0 Å². The molecule has 3 heterocycles. The number of likely N-dealkylation sites (tertiary alicyclic amines) is 2. The van der Waals surface area contributed by atoms with Gasteiger partial charge in [-0.15, -0.1) is 0 Å². The fourth-order valence-corrected chi connectivity index (χ4v) is 7.09. The van der Waals surface area contributed by atoms with Gasteiger partial charge in [0, 0.05) is 37.9 Å². The fraction of sp³-hybridized carbons (Fsp3) is 0.486. The van der Waals surface area contributed by atoms with E-state index in [4.69, 9.17) is 0 Å². The first-order valence-electron chi connectivity index (χ1n) is 14.9. The first-order chi connectivity index (χ1) is 19.2. The second-order valence-electron chi connectivity index (χ2n) is 13.2. The first-order valence-corrected chi connectivity index (χ1v) is 14.9. The molecule has 3 atom stereocenters. The van der Waals surface area contributed by atoms with Crippen molar-refractivity contribution in [1.29, 1.82) is 0 Å². The van der Waals surface area contributed by atoms with Crippen LogP contribution in [-0.4, -0.2) is 64.6 Å². The van der Waals surface area contributed by atoms with Crippen LogP contribution in [0.15, 0.2) is 73.1 Å². The van der Waals surface area contributed by atoms with Crippen LogP contribution in [0.2, 0.25) is 0 Å². The number of aromatic nitrogens is 1. The number of hydrogen-bond donors (Lipinski definition) is 1. The molecule has 0 amide bonds. The van der Waals surface area contributed by atoms with E-state index in [-0.39, 0.29) is 5.41 Å². The number of benzene rings is 2. The summed E-state index contributed by atoms with van der Waals surface area (Å²) in [6.45, 7) is 13.1. The highest BCUT2D eigenvalue weighted by molar-refractivity contribution is 5.74. The minimum Gasteiger partial charge on any atom is -0.480 e. The molecule has 2 fully saturated rings. The topological polar surface area (TPSA) is 56.7 Å². The lowest BCUT2D eigenvalue weighted by Gasteiger charge is -2.36. The molecule has 5 nitrogen and oxygen atoms in total. The lowest BCUT2D eigenvalue weighted by molar-refractivity contribution is -0.147. The summed E-state index contributed by atoms with van der Waals surface area (Å²) in [5, 5.41) is 10.2. The van der Waals surface area contributed by atoms with Gasteiger partial charge in [0.25, 0.3) is 0 Å². The van der Waals surface area contributed by atoms with E-state index >= 15 is 0 Å². The Bertz CT molecular complexity index is 1280. The van der Waals surface area contributed by atoms with Crippen LogP contribution < -0.4 is 0 Å². The normalized spacial score (nSPS) is 21.9. The molecule has 0 aliphatic carbocycles. The Kier molecular flexibility index (Phi) is 8.72. The number of carboxylic acid groups (broad SMARTS) is 1. The third-order valence-electron chi connectivity index (χ3n) is 8.98. The summed E-state index contributed by atoms with van der Waals surface area (Å²) < 4.78 is 0. The Morgan fingerprint density at radius 1 is 0.950 bits per heavy atom. The number of carbonyl (C=O) groups is 1. The van der Waals surface area contributed by atoms with Gasteiger partial charge in [0.05, 0.1) is 0 Å². The number of hydrogen-bond acceptors (Lipinski definition) is 4. The zero-order valence-electron chi connectivity index (χ0n) is 24.6. The Morgan fingerprint density at radius 3 is 2.38 bits per heavy atom. The zero-order valence-corrected chi connectivity index (χ0v) is 24.6. The lowest BCUT2D eigenvalue weighted by atomic mass is 9.85. The lowest BCUT2D eigenvalue weighted by Crippen LogP contribution is -2.48. The second-order valence-corrected chi connectivity index (χ2v) is 13.2. The highest BCUT2D eigenvalue weighted by Crippen LogP contribution is 2.39. The maximum atomic E-state index is 12.4. The summed E-state index contributed by atoms with van der Waals surface area (Å²) in [4.78, 5) is 21.8. The van der Waals surface area contributed by atoms with Crippen molar-refractivity contribution in [3.63, 3.8) is 0 Å². The van der Waals surface area contributed by atoms with Crippen molar-refractivity contribution in [3.8, 4) is 0 Å². The summed E-state index contributed by atoms with van der Waals surface area (Å²) in [6.07, 6.45) is 7.27. The van der Waals surface area contributed by atoms with Gasteiger partial charge >= 0.3 is 5.97 Å². The van der Waals surface area contributed by atoms with Crippen molar-refractivity contribution in [1.82, 2.24) is 14.8 Å². The Morgan fingerprint density at radius 2 is 1.70 bits per heavy atom. The highest BCUT2D eigenvalue weighted by Gasteiger charge is 2.44. The van der Waals surface area contributed by atoms with Crippen molar-refractivity contribution in [2.45, 2.75) is 64.8 Å². The van der Waals surface area contributed by atoms with E-state index < -0.39 is 12.0 Å². The third kappa shape index (κ3) is 6.82. The molecular formula is C35H45N3O2. The molecule has 40 heavy (non-hydrogen) atoms. The SMILES string of the molecule is Cc1cccc([C@H]2CN([C@@H](C(=O)O)C(C)(C)C)C[C@@H]2CN2CCC(c3cncc(Cc4ccccc4)c3)CC2)c1. The molecule has 0 unspecified atom stereocenters. The average Bonchev–Trinajstić information content (AvgIpc) is 3.31. The molecule has 1 N–H and O–H groups in total. The van der Waals surface area contributed by atoms with Crippen molar-refractivity contribution in [2.24, 2.45) is 11.3 Å². The summed E-state index contributed by atoms with van der Waals surface area (Å²) in [6, 6.07) is 21.3. The quantitative estimate of drug-likeness (QED) is 0.360. The number of aryl methyl sites for hydroxylation is 1. The van der Waals surface area contributed by atoms with Crippen LogP contribution in [0.1, 0.15) is 73.3 Å². The smallest absolute Gasteiger partial charge is 0.321 e. The molecule has 5 heteroatoms. The van der Waals surface area contributed by atoms with Crippen LogP contribution >= 0.6 is 0 Å². The third-order valence-corrected chi connectivity index (χ3v) is 8.98. The minimum absolute atomic E-state index is 0.320. The van der Waals surface area contributed by atoms with Crippen molar-refractivity contribution < 1.29 is 9.90 Å². The second kappa shape index (κ2) is 12.2. The molecule has 2 aliphatic heterocycles. The number of piperidine rings is 1. The van der Waals surface area contributed by atoms with Crippen LogP contribution in [0.4, 0.5) is 0 Å². The molecule has 2 aromatic carbocycles. The molecule has 0 bridgehead atoms. The fourth-order valence-electron chi connectivity index (χ4n) is 7.09. The molecule has 0 radical (unpaired) electrons. The minimum atomic E-state index is -0.708. The van der Waals surface area contributed by atoms with Crippen LogP contribution in [0.25, 0.3) is 0 Å². The molecule has 2 saturated heterocycles. The number of nitrogens with zero attached hydrogens (tertiary/aromatic N) is 3. The van der Waals surface area contributed by atoms with Gasteiger partial charge in [0.2, 0.25) is 0 Å². The molecule has 0 spiro atoms. The first kappa shape index (κ1) is 28.5. The maximum Gasteiger partial charge on any atom is 0.321 e. The van der Waals surface area contributed by atoms with Crippen molar-refractivity contribution >= 4 is 5.97 Å². The maximum absolute atomic E-state index is 12.4. The predicted molar refractivity (Wildman–Crippen MR) is 162 cm³/mol. The largest absolute Gasteiger partial charge is 0.480 e. The van der Waals surface area contributed by atoms with E-state index in [1.54, 1.807) is 0 Å². The number of aliphatic carboxylic acids is 1. The van der Waals surface area contributed by atoms with E-state index in [1.807, 2.05) is 6.20 Å². The highest BCUT2D eigenvalue weighted by atomic mass is 16.4. The van der Waals surface area contributed by atoms with Gasteiger partial charge in [0.1, 0.15) is 6.04 Å². The van der Waals surface area contributed by atoms with E-state index in [2.05, 4.69) is 109 Å². The zero-order chi connectivity index (χ0) is 28.3. The van der Waals surface area contributed by atoms with Crippen LogP contribution in [0.3, 0.4) is 0 Å². The monoisotopic (exact) mass is 539 g/mol. The van der Waals surface area contributed by atoms with E-state index in [0.29, 0.717) is 17.8 Å². The molecular weight excluding hydrogens is 494 g/mol. The Hall–Kier alpha value is -3.02. The van der Waals surface area contributed by atoms with Gasteiger partial charge in [-0.25, -0.2) is 0 Å². The summed E-state index contributed by atoms with van der Waals surface area (Å²) in [5.41, 5.74) is 6.27. The Labute approximate surface area is 240 Å². The average molecular weight is 540 g/mol. The summed E-state index contributed by atoms with van der Waals surface area (Å²) in [7, 11) is 0. The number of rotatable bonds is 8.